The van der Waals surface area contributed by atoms with Gasteiger partial charge in [-0.2, -0.15) is 0 Å². The number of nitrogens with two attached hydrogens (primary N) is 1. The second-order valence-corrected chi connectivity index (χ2v) is 5.49. The number of nitrogens with one attached hydrogen (secondary N) is 1. The van der Waals surface area contributed by atoms with E-state index in [-0.39, 0.29) is 12.3 Å². The van der Waals surface area contributed by atoms with Crippen molar-refractivity contribution in [2.45, 2.75) is 64.7 Å². The Kier molecular flexibility index (Phi) is 12.2. The average molecular weight is 286 g/mol. The lowest BCUT2D eigenvalue weighted by atomic mass is 10.1. The molecule has 0 bridgehead atoms. The van der Waals surface area contributed by atoms with E-state index in [1.165, 1.54) is 0 Å². The SMILES string of the molecule is CC(CN)CCCNC(=O)CCCCCCCC(=O)O. The van der Waals surface area contributed by atoms with Gasteiger partial charge in [0.1, 0.15) is 0 Å². The molecule has 0 aromatic rings. The first-order valence-corrected chi connectivity index (χ1v) is 7.74. The van der Waals surface area contributed by atoms with Crippen LogP contribution in [-0.4, -0.2) is 30.1 Å². The highest BCUT2D eigenvalue weighted by Gasteiger charge is 2.02. The molecule has 118 valence electrons. The van der Waals surface area contributed by atoms with Crippen LogP contribution in [0.25, 0.3) is 0 Å². The van der Waals surface area contributed by atoms with Crippen molar-refractivity contribution in [2.75, 3.05) is 13.1 Å². The molecule has 0 aliphatic rings. The van der Waals surface area contributed by atoms with Gasteiger partial charge in [0.05, 0.1) is 0 Å². The first-order chi connectivity index (χ1) is 9.56. The summed E-state index contributed by atoms with van der Waals surface area (Å²) in [6.45, 7) is 3.56. The third kappa shape index (κ3) is 13.3. The molecule has 0 saturated heterocycles. The lowest BCUT2D eigenvalue weighted by molar-refractivity contribution is -0.137. The van der Waals surface area contributed by atoms with Crippen molar-refractivity contribution < 1.29 is 14.7 Å². The molecule has 0 radical (unpaired) electrons. The molecule has 0 rings (SSSR count). The summed E-state index contributed by atoms with van der Waals surface area (Å²) in [5.41, 5.74) is 5.53. The first-order valence-electron chi connectivity index (χ1n) is 7.74. The van der Waals surface area contributed by atoms with E-state index in [2.05, 4.69) is 12.2 Å². The summed E-state index contributed by atoms with van der Waals surface area (Å²) in [6.07, 6.45) is 7.43. The maximum Gasteiger partial charge on any atom is 0.303 e. The van der Waals surface area contributed by atoms with Crippen molar-refractivity contribution in [1.82, 2.24) is 5.32 Å². The third-order valence-electron chi connectivity index (χ3n) is 3.39. The van der Waals surface area contributed by atoms with Gasteiger partial charge in [-0.3, -0.25) is 9.59 Å². The van der Waals surface area contributed by atoms with E-state index in [1.807, 2.05) is 0 Å². The van der Waals surface area contributed by atoms with Gasteiger partial charge < -0.3 is 16.2 Å². The Hall–Kier alpha value is -1.10. The first kappa shape index (κ1) is 18.9. The lowest BCUT2D eigenvalue weighted by Crippen LogP contribution is -2.24. The monoisotopic (exact) mass is 286 g/mol. The van der Waals surface area contributed by atoms with Gasteiger partial charge >= 0.3 is 5.97 Å². The highest BCUT2D eigenvalue weighted by molar-refractivity contribution is 5.75. The van der Waals surface area contributed by atoms with Crippen LogP contribution < -0.4 is 11.1 Å². The van der Waals surface area contributed by atoms with Crippen LogP contribution in [0.15, 0.2) is 0 Å². The van der Waals surface area contributed by atoms with Crippen LogP contribution in [0.1, 0.15) is 64.7 Å². The van der Waals surface area contributed by atoms with Gasteiger partial charge in [-0.05, 0) is 38.1 Å². The second-order valence-electron chi connectivity index (χ2n) is 5.49. The molecule has 0 aromatic carbocycles. The zero-order valence-corrected chi connectivity index (χ0v) is 12.7. The fraction of sp³-hybridized carbons (Fsp3) is 0.867. The van der Waals surface area contributed by atoms with Gasteiger partial charge in [0.25, 0.3) is 0 Å². The van der Waals surface area contributed by atoms with E-state index >= 15 is 0 Å². The summed E-state index contributed by atoms with van der Waals surface area (Å²) in [6, 6.07) is 0. The van der Waals surface area contributed by atoms with Gasteiger partial charge in [0, 0.05) is 19.4 Å². The number of carboxylic acids is 1. The molecule has 20 heavy (non-hydrogen) atoms. The van der Waals surface area contributed by atoms with Crippen LogP contribution in [0.5, 0.6) is 0 Å². The molecule has 1 amide bonds. The van der Waals surface area contributed by atoms with Crippen molar-refractivity contribution in [3.8, 4) is 0 Å². The standard InChI is InChI=1S/C15H30N2O3/c1-13(12-16)8-7-11-17-14(18)9-5-3-2-4-6-10-15(19)20/h13H,2-12,16H2,1H3,(H,17,18)(H,19,20). The van der Waals surface area contributed by atoms with Gasteiger partial charge in [-0.15, -0.1) is 0 Å². The smallest absolute Gasteiger partial charge is 0.303 e. The van der Waals surface area contributed by atoms with Gasteiger partial charge in [0.15, 0.2) is 0 Å². The predicted molar refractivity (Wildman–Crippen MR) is 80.4 cm³/mol. The van der Waals surface area contributed by atoms with E-state index in [4.69, 9.17) is 10.8 Å². The second kappa shape index (κ2) is 12.9. The van der Waals surface area contributed by atoms with Gasteiger partial charge in [-0.1, -0.05) is 26.2 Å². The highest BCUT2D eigenvalue weighted by atomic mass is 16.4. The quantitative estimate of drug-likeness (QED) is 0.453. The number of carbonyl (C=O) groups excluding carboxylic acids is 1. The van der Waals surface area contributed by atoms with Crippen molar-refractivity contribution in [3.05, 3.63) is 0 Å². The number of carboxylic acid groups (broad SMARTS) is 1. The maximum absolute atomic E-state index is 11.5. The van der Waals surface area contributed by atoms with Gasteiger partial charge in [0.2, 0.25) is 5.91 Å². The van der Waals surface area contributed by atoms with Crippen LogP contribution in [0.4, 0.5) is 0 Å². The Labute approximate surface area is 122 Å². The molecule has 0 saturated carbocycles. The Morgan fingerprint density at radius 1 is 1.05 bits per heavy atom. The molecule has 0 heterocycles. The number of carbonyl (C=O) groups is 2. The van der Waals surface area contributed by atoms with E-state index < -0.39 is 5.97 Å². The number of amides is 1. The van der Waals surface area contributed by atoms with E-state index in [0.29, 0.717) is 18.9 Å². The van der Waals surface area contributed by atoms with Crippen molar-refractivity contribution in [3.63, 3.8) is 0 Å². The minimum atomic E-state index is -0.728. The summed E-state index contributed by atoms with van der Waals surface area (Å²) in [4.78, 5) is 21.8. The minimum absolute atomic E-state index is 0.121. The topological polar surface area (TPSA) is 92.4 Å². The Morgan fingerprint density at radius 2 is 1.65 bits per heavy atom. The molecule has 4 N–H and O–H groups in total. The third-order valence-corrected chi connectivity index (χ3v) is 3.39. The Bertz CT molecular complexity index is 270. The molecule has 0 spiro atoms. The summed E-state index contributed by atoms with van der Waals surface area (Å²) in [7, 11) is 0. The van der Waals surface area contributed by atoms with Crippen LogP contribution in [-0.2, 0) is 9.59 Å². The summed E-state index contributed by atoms with van der Waals surface area (Å²) in [5, 5.41) is 11.4. The molecule has 5 heteroatoms. The Balaban J connectivity index is 3.26. The zero-order chi connectivity index (χ0) is 15.2. The highest BCUT2D eigenvalue weighted by Crippen LogP contribution is 2.07. The van der Waals surface area contributed by atoms with Crippen molar-refractivity contribution in [2.24, 2.45) is 11.7 Å². The van der Waals surface area contributed by atoms with E-state index in [0.717, 1.165) is 51.5 Å². The van der Waals surface area contributed by atoms with Crippen LogP contribution in [0.3, 0.4) is 0 Å². The average Bonchev–Trinajstić information content (AvgIpc) is 2.41. The van der Waals surface area contributed by atoms with Crippen LogP contribution in [0, 0.1) is 5.92 Å². The number of rotatable bonds is 13. The summed E-state index contributed by atoms with van der Waals surface area (Å²) in [5.74, 6) is -0.0815. The van der Waals surface area contributed by atoms with Gasteiger partial charge in [-0.25, -0.2) is 0 Å². The largest absolute Gasteiger partial charge is 0.481 e. The molecule has 0 aromatic heterocycles. The van der Waals surface area contributed by atoms with Crippen molar-refractivity contribution in [1.29, 1.82) is 0 Å². The fourth-order valence-electron chi connectivity index (χ4n) is 1.98. The molecule has 1 unspecified atom stereocenters. The molecule has 0 fully saturated rings. The predicted octanol–water partition coefficient (Wildman–Crippen LogP) is 2.29. The fourth-order valence-corrected chi connectivity index (χ4v) is 1.98. The minimum Gasteiger partial charge on any atom is -0.481 e. The molecular formula is C15H30N2O3. The van der Waals surface area contributed by atoms with Crippen LogP contribution in [0.2, 0.25) is 0 Å². The number of hydrogen-bond acceptors (Lipinski definition) is 3. The summed E-state index contributed by atoms with van der Waals surface area (Å²) < 4.78 is 0. The van der Waals surface area contributed by atoms with Crippen LogP contribution >= 0.6 is 0 Å². The molecule has 0 aliphatic heterocycles. The lowest BCUT2D eigenvalue weighted by Gasteiger charge is -2.08. The maximum atomic E-state index is 11.5. The molecule has 5 nitrogen and oxygen atoms in total. The molecule has 0 aliphatic carbocycles. The molecule has 1 atom stereocenters. The zero-order valence-electron chi connectivity index (χ0n) is 12.7. The number of aliphatic carboxylic acids is 1. The Morgan fingerprint density at radius 3 is 2.25 bits per heavy atom. The molecular weight excluding hydrogens is 256 g/mol. The number of unbranched alkanes of at least 4 members (excludes halogenated alkanes) is 4. The van der Waals surface area contributed by atoms with E-state index in [1.54, 1.807) is 0 Å². The number of hydrogen-bond donors (Lipinski definition) is 3. The summed E-state index contributed by atoms with van der Waals surface area (Å²) >= 11 is 0. The van der Waals surface area contributed by atoms with E-state index in [9.17, 15) is 9.59 Å². The normalized spacial score (nSPS) is 12.1. The van der Waals surface area contributed by atoms with Crippen molar-refractivity contribution >= 4 is 11.9 Å².